The number of rotatable bonds is 7. The van der Waals surface area contributed by atoms with Crippen molar-refractivity contribution in [3.63, 3.8) is 0 Å². The number of fused-ring (bicyclic) bond motifs is 1. The summed E-state index contributed by atoms with van der Waals surface area (Å²) >= 11 is 0. The Morgan fingerprint density at radius 1 is 1.18 bits per heavy atom. The fourth-order valence-electron chi connectivity index (χ4n) is 5.92. The molecule has 234 valence electrons. The average Bonchev–Trinajstić information content (AvgIpc) is 3.53. The molecule has 44 heavy (non-hydrogen) atoms. The van der Waals surface area contributed by atoms with Crippen molar-refractivity contribution < 1.29 is 40.4 Å². The van der Waals surface area contributed by atoms with Crippen LogP contribution in [-0.4, -0.2) is 65.9 Å². The highest BCUT2D eigenvalue weighted by molar-refractivity contribution is 7.91. The number of aryl methyl sites for hydroxylation is 1. The molecule has 2 aromatic carbocycles. The summed E-state index contributed by atoms with van der Waals surface area (Å²) in [4.78, 5) is 31.9. The predicted molar refractivity (Wildman–Crippen MR) is 150 cm³/mol. The van der Waals surface area contributed by atoms with Gasteiger partial charge in [-0.25, -0.2) is 13.2 Å². The minimum Gasteiger partial charge on any atom is -0.406 e. The molecule has 1 saturated carbocycles. The summed E-state index contributed by atoms with van der Waals surface area (Å²) in [5.74, 6) is -0.115. The topological polar surface area (TPSA) is 144 Å². The van der Waals surface area contributed by atoms with Gasteiger partial charge in [-0.3, -0.25) is 4.79 Å². The summed E-state index contributed by atoms with van der Waals surface area (Å²) in [5.41, 5.74) is 3.58. The van der Waals surface area contributed by atoms with Gasteiger partial charge in [-0.1, -0.05) is 29.4 Å². The normalized spacial score (nSPS) is 22.3. The zero-order valence-electron chi connectivity index (χ0n) is 23.7. The third-order valence-corrected chi connectivity index (χ3v) is 9.94. The molecule has 2 aliphatic heterocycles. The molecule has 3 amide bonds. The van der Waals surface area contributed by atoms with Gasteiger partial charge in [0, 0.05) is 25.7 Å². The fraction of sp³-hybridized carbons (Fsp3) is 0.448. The molecule has 2 fully saturated rings. The lowest BCUT2D eigenvalue weighted by Gasteiger charge is -2.33. The van der Waals surface area contributed by atoms with Crippen molar-refractivity contribution in [2.75, 3.05) is 18.1 Å². The molecule has 1 aliphatic carbocycles. The Kier molecular flexibility index (Phi) is 7.76. The van der Waals surface area contributed by atoms with Crippen LogP contribution in [0.4, 0.5) is 18.0 Å². The Morgan fingerprint density at radius 3 is 2.70 bits per heavy atom. The molecule has 3 heterocycles. The van der Waals surface area contributed by atoms with E-state index in [4.69, 9.17) is 4.52 Å². The van der Waals surface area contributed by atoms with E-state index in [0.29, 0.717) is 48.6 Å². The number of amides is 3. The van der Waals surface area contributed by atoms with Crippen LogP contribution in [0.25, 0.3) is 11.1 Å². The van der Waals surface area contributed by atoms with Gasteiger partial charge in [-0.2, -0.15) is 4.98 Å². The Morgan fingerprint density at radius 2 is 2.00 bits per heavy atom. The van der Waals surface area contributed by atoms with Crippen molar-refractivity contribution in [3.05, 3.63) is 64.8 Å². The number of nitrogens with zero attached hydrogens (tertiary/aromatic N) is 3. The second-order valence-corrected chi connectivity index (χ2v) is 13.6. The van der Waals surface area contributed by atoms with E-state index in [-0.39, 0.29) is 48.1 Å². The van der Waals surface area contributed by atoms with E-state index < -0.39 is 28.3 Å². The lowest BCUT2D eigenvalue weighted by molar-refractivity contribution is -0.274. The van der Waals surface area contributed by atoms with Crippen LogP contribution in [0.5, 0.6) is 5.75 Å². The van der Waals surface area contributed by atoms with Crippen molar-refractivity contribution in [2.24, 2.45) is 5.92 Å². The van der Waals surface area contributed by atoms with Crippen LogP contribution in [0.1, 0.15) is 47.2 Å². The van der Waals surface area contributed by atoms with Crippen LogP contribution in [0, 0.1) is 12.8 Å². The van der Waals surface area contributed by atoms with Crippen molar-refractivity contribution in [2.45, 2.75) is 57.6 Å². The summed E-state index contributed by atoms with van der Waals surface area (Å²) < 4.78 is 71.8. The van der Waals surface area contributed by atoms with Crippen LogP contribution in [0.15, 0.2) is 40.9 Å². The zero-order valence-corrected chi connectivity index (χ0v) is 24.5. The highest BCUT2D eigenvalue weighted by Gasteiger charge is 2.47. The Hall–Kier alpha value is -4.14. The van der Waals surface area contributed by atoms with Gasteiger partial charge in [-0.05, 0) is 66.1 Å². The van der Waals surface area contributed by atoms with Crippen LogP contribution in [-0.2, 0) is 34.1 Å². The number of carbonyl (C=O) groups excluding carboxylic acids is 2. The van der Waals surface area contributed by atoms with Crippen LogP contribution >= 0.6 is 0 Å². The van der Waals surface area contributed by atoms with E-state index in [9.17, 15) is 31.2 Å². The number of halogens is 3. The standard InChI is InChI=1S/C29H30F3N5O6S/c1-16-34-27(43-36-16)24-12-23(24)26(38)33-13-18-5-6-21(17-3-2-4-20(11-17)42-29(30,31)32)22-7-9-37(14-25(18)22)28(39)35-19-8-10-44(40,41)15-19/h2-6,11,19,23-24H,7-10,12-15H2,1H3,(H,33,38)(H,35,39)/t19?,23-,24-/m1/s1. The van der Waals surface area contributed by atoms with Gasteiger partial charge in [0.25, 0.3) is 0 Å². The number of benzene rings is 2. The van der Waals surface area contributed by atoms with Crippen molar-refractivity contribution >= 4 is 21.8 Å². The maximum Gasteiger partial charge on any atom is 0.573 e. The second-order valence-electron chi connectivity index (χ2n) is 11.4. The summed E-state index contributed by atoms with van der Waals surface area (Å²) in [6, 6.07) is 8.44. The highest BCUT2D eigenvalue weighted by atomic mass is 32.2. The van der Waals surface area contributed by atoms with E-state index >= 15 is 0 Å². The first-order valence-corrected chi connectivity index (χ1v) is 16.0. The molecule has 1 unspecified atom stereocenters. The number of hydrogen-bond acceptors (Lipinski definition) is 8. The minimum absolute atomic E-state index is 0.0268. The zero-order chi connectivity index (χ0) is 31.2. The number of ether oxygens (including phenoxy) is 1. The Labute approximate surface area is 251 Å². The van der Waals surface area contributed by atoms with E-state index in [2.05, 4.69) is 25.5 Å². The van der Waals surface area contributed by atoms with E-state index in [1.165, 1.54) is 18.2 Å². The second kappa shape index (κ2) is 11.4. The largest absolute Gasteiger partial charge is 0.573 e. The van der Waals surface area contributed by atoms with E-state index in [1.54, 1.807) is 30.0 Å². The first-order chi connectivity index (χ1) is 20.8. The number of hydrogen-bond donors (Lipinski definition) is 2. The Balaban J connectivity index is 1.23. The third-order valence-electron chi connectivity index (χ3n) is 8.18. The maximum absolute atomic E-state index is 13.2. The van der Waals surface area contributed by atoms with Crippen molar-refractivity contribution in [1.29, 1.82) is 0 Å². The number of aromatic nitrogens is 2. The summed E-state index contributed by atoms with van der Waals surface area (Å²) in [6.07, 6.45) is -3.50. The van der Waals surface area contributed by atoms with Gasteiger partial charge in [0.15, 0.2) is 15.7 Å². The summed E-state index contributed by atoms with van der Waals surface area (Å²) in [6.45, 7) is 2.36. The SMILES string of the molecule is Cc1noc([C@@H]2C[C@H]2C(=O)NCc2ccc(-c3cccc(OC(F)(F)F)c3)c3c2CN(C(=O)NC2CCS(=O)(=O)C2)CC3)n1. The molecule has 1 aromatic heterocycles. The number of alkyl halides is 3. The van der Waals surface area contributed by atoms with Crippen LogP contribution in [0.3, 0.4) is 0 Å². The molecular weight excluding hydrogens is 603 g/mol. The van der Waals surface area contributed by atoms with E-state index in [1.807, 2.05) is 0 Å². The Bertz CT molecular complexity index is 1710. The third kappa shape index (κ3) is 6.66. The molecule has 3 aromatic rings. The molecule has 0 spiro atoms. The van der Waals surface area contributed by atoms with Gasteiger partial charge in [0.1, 0.15) is 5.75 Å². The lowest BCUT2D eigenvalue weighted by atomic mass is 9.87. The highest BCUT2D eigenvalue weighted by Crippen LogP contribution is 2.47. The average molecular weight is 634 g/mol. The number of urea groups is 1. The smallest absolute Gasteiger partial charge is 0.406 e. The summed E-state index contributed by atoms with van der Waals surface area (Å²) in [7, 11) is -3.18. The van der Waals surface area contributed by atoms with Gasteiger partial charge < -0.3 is 24.8 Å². The monoisotopic (exact) mass is 633 g/mol. The van der Waals surface area contributed by atoms with Crippen LogP contribution in [0.2, 0.25) is 0 Å². The molecule has 1 saturated heterocycles. The number of nitrogens with one attached hydrogen (secondary N) is 2. The summed E-state index contributed by atoms with van der Waals surface area (Å²) in [5, 5.41) is 9.57. The molecule has 3 aliphatic rings. The molecule has 6 rings (SSSR count). The minimum atomic E-state index is -4.84. The quantitative estimate of drug-likeness (QED) is 0.402. The lowest BCUT2D eigenvalue weighted by Crippen LogP contribution is -2.47. The van der Waals surface area contributed by atoms with Crippen molar-refractivity contribution in [3.8, 4) is 16.9 Å². The molecule has 0 bridgehead atoms. The molecule has 3 atom stereocenters. The molecule has 11 nitrogen and oxygen atoms in total. The van der Waals surface area contributed by atoms with Gasteiger partial charge in [0.05, 0.1) is 23.3 Å². The van der Waals surface area contributed by atoms with E-state index in [0.717, 1.165) is 16.7 Å². The first-order valence-electron chi connectivity index (χ1n) is 14.2. The number of sulfone groups is 1. The van der Waals surface area contributed by atoms with Gasteiger partial charge in [-0.15, -0.1) is 13.2 Å². The number of carbonyl (C=O) groups is 2. The molecule has 15 heteroatoms. The fourth-order valence-corrected chi connectivity index (χ4v) is 7.59. The molecular formula is C29H30F3N5O6S. The van der Waals surface area contributed by atoms with Gasteiger partial charge >= 0.3 is 12.4 Å². The first kappa shape index (κ1) is 29.9. The van der Waals surface area contributed by atoms with Gasteiger partial charge in [0.2, 0.25) is 11.8 Å². The predicted octanol–water partition coefficient (Wildman–Crippen LogP) is 3.62. The maximum atomic E-state index is 13.2. The van der Waals surface area contributed by atoms with Crippen molar-refractivity contribution in [1.82, 2.24) is 25.7 Å². The van der Waals surface area contributed by atoms with Crippen LogP contribution < -0.4 is 15.4 Å². The molecule has 2 N–H and O–H groups in total. The molecule has 0 radical (unpaired) electrons.